The molecule has 2 heterocycles. The van der Waals surface area contributed by atoms with Crippen molar-refractivity contribution >= 4 is 35.6 Å². The molecule has 1 N–H and O–H groups in total. The Balaban J connectivity index is 0.00000280. The normalized spacial score (nSPS) is 12.0. The molecule has 3 rings (SSSR count). The second-order valence-electron chi connectivity index (χ2n) is 6.00. The molecule has 0 unspecified atom stereocenters. The molecule has 150 valence electrons. The van der Waals surface area contributed by atoms with E-state index < -0.39 is 11.7 Å². The molecule has 0 amide bonds. The smallest absolute Gasteiger partial charge is 0.349 e. The quantitative estimate of drug-likeness (QED) is 0.336. The Labute approximate surface area is 177 Å². The monoisotopic (exact) mass is 504 g/mol. The second-order valence-corrected chi connectivity index (χ2v) is 6.00. The Morgan fingerprint density at radius 3 is 2.50 bits per heavy atom. The summed E-state index contributed by atoms with van der Waals surface area (Å²) in [5.41, 5.74) is 0.722. The van der Waals surface area contributed by atoms with Crippen LogP contribution in [0.15, 0.2) is 53.7 Å². The van der Waals surface area contributed by atoms with Crippen LogP contribution in [-0.2, 0) is 19.3 Å². The Hall–Kier alpha value is -2.37. The van der Waals surface area contributed by atoms with Gasteiger partial charge in [0.2, 0.25) is 0 Å². The third-order valence-electron chi connectivity index (χ3n) is 4.04. The van der Waals surface area contributed by atoms with Gasteiger partial charge in [0.05, 0.1) is 12.1 Å². The van der Waals surface area contributed by atoms with Crippen molar-refractivity contribution in [3.8, 4) is 0 Å². The number of aliphatic imine (C=N–C) groups is 1. The first-order chi connectivity index (χ1) is 12.9. The zero-order chi connectivity index (χ0) is 19.4. The number of nitrogens with zero attached hydrogens (tertiary/aromatic N) is 5. The SMILES string of the molecule is CN=C(NCc1nnc2ccc(C(F)(F)F)cn12)N(C)Cc1ccccc1.I. The maximum absolute atomic E-state index is 12.9. The van der Waals surface area contributed by atoms with Gasteiger partial charge >= 0.3 is 6.18 Å². The molecule has 0 fully saturated rings. The highest BCUT2D eigenvalue weighted by atomic mass is 127. The molecule has 3 aromatic rings. The minimum absolute atomic E-state index is 0. The molecule has 0 aliphatic rings. The van der Waals surface area contributed by atoms with Crippen LogP contribution in [-0.4, -0.2) is 39.6 Å². The Kier molecular flexibility index (Phi) is 7.22. The summed E-state index contributed by atoms with van der Waals surface area (Å²) in [4.78, 5) is 6.13. The van der Waals surface area contributed by atoms with E-state index in [9.17, 15) is 13.2 Å². The fraction of sp³-hybridized carbons (Fsp3) is 0.278. The van der Waals surface area contributed by atoms with E-state index in [1.165, 1.54) is 10.5 Å². The molecule has 0 aliphatic carbocycles. The van der Waals surface area contributed by atoms with Gasteiger partial charge in [-0.2, -0.15) is 13.2 Å². The molecular weight excluding hydrogens is 484 g/mol. The Bertz CT molecular complexity index is 939. The van der Waals surface area contributed by atoms with Crippen molar-refractivity contribution < 1.29 is 13.2 Å². The molecule has 28 heavy (non-hydrogen) atoms. The minimum Gasteiger partial charge on any atom is -0.349 e. The molecule has 1 aromatic carbocycles. The first kappa shape index (κ1) is 21.9. The number of alkyl halides is 3. The third kappa shape index (κ3) is 5.12. The van der Waals surface area contributed by atoms with Crippen LogP contribution in [0.5, 0.6) is 0 Å². The number of rotatable bonds is 4. The van der Waals surface area contributed by atoms with Crippen LogP contribution >= 0.6 is 24.0 Å². The largest absolute Gasteiger partial charge is 0.417 e. The molecule has 6 nitrogen and oxygen atoms in total. The van der Waals surface area contributed by atoms with Gasteiger partial charge in [-0.3, -0.25) is 9.39 Å². The average molecular weight is 504 g/mol. The van der Waals surface area contributed by atoms with Crippen molar-refractivity contribution in [2.75, 3.05) is 14.1 Å². The number of aromatic nitrogens is 3. The van der Waals surface area contributed by atoms with Crippen LogP contribution in [0, 0.1) is 0 Å². The molecule has 0 spiro atoms. The summed E-state index contributed by atoms with van der Waals surface area (Å²) < 4.78 is 40.2. The standard InChI is InChI=1S/C18H19F3N6.HI/c1-22-17(26(2)11-13-6-4-3-5-7-13)23-10-16-25-24-15-9-8-14(12-27(15)16)18(19,20)21;/h3-9,12H,10-11H2,1-2H3,(H,22,23);1H. The highest BCUT2D eigenvalue weighted by molar-refractivity contribution is 14.0. The summed E-state index contributed by atoms with van der Waals surface area (Å²) in [6.07, 6.45) is -3.42. The number of pyridine rings is 1. The average Bonchev–Trinajstić information content (AvgIpc) is 3.05. The number of fused-ring (bicyclic) bond motifs is 1. The molecular formula is C18H20F3IN6. The topological polar surface area (TPSA) is 57.8 Å². The lowest BCUT2D eigenvalue weighted by molar-refractivity contribution is -0.137. The highest BCUT2D eigenvalue weighted by Crippen LogP contribution is 2.29. The second kappa shape index (κ2) is 9.22. The summed E-state index contributed by atoms with van der Waals surface area (Å²) >= 11 is 0. The molecule has 10 heteroatoms. The van der Waals surface area contributed by atoms with Crippen LogP contribution in [0.2, 0.25) is 0 Å². The predicted molar refractivity (Wildman–Crippen MR) is 112 cm³/mol. The van der Waals surface area contributed by atoms with E-state index in [1.807, 2.05) is 42.3 Å². The van der Waals surface area contributed by atoms with Gasteiger partial charge in [0.1, 0.15) is 0 Å². The molecule has 0 aliphatic heterocycles. The van der Waals surface area contributed by atoms with Crippen molar-refractivity contribution in [2.24, 2.45) is 4.99 Å². The lowest BCUT2D eigenvalue weighted by atomic mass is 10.2. The summed E-state index contributed by atoms with van der Waals surface area (Å²) in [6.45, 7) is 0.827. The van der Waals surface area contributed by atoms with Crippen LogP contribution in [0.3, 0.4) is 0 Å². The summed E-state index contributed by atoms with van der Waals surface area (Å²) in [6, 6.07) is 12.2. The molecule has 2 aromatic heterocycles. The number of hydrogen-bond donors (Lipinski definition) is 1. The molecule has 0 radical (unpaired) electrons. The van der Waals surface area contributed by atoms with Crippen LogP contribution < -0.4 is 5.32 Å². The third-order valence-corrected chi connectivity index (χ3v) is 4.04. The van der Waals surface area contributed by atoms with E-state index in [0.717, 1.165) is 17.8 Å². The van der Waals surface area contributed by atoms with Crippen LogP contribution in [0.25, 0.3) is 5.65 Å². The molecule has 0 bridgehead atoms. The lowest BCUT2D eigenvalue weighted by Crippen LogP contribution is -2.38. The van der Waals surface area contributed by atoms with Gasteiger partial charge < -0.3 is 10.2 Å². The van der Waals surface area contributed by atoms with Crippen molar-refractivity contribution in [1.82, 2.24) is 24.8 Å². The van der Waals surface area contributed by atoms with Gasteiger partial charge in [-0.05, 0) is 17.7 Å². The number of halogens is 4. The van der Waals surface area contributed by atoms with Crippen molar-refractivity contribution in [3.63, 3.8) is 0 Å². The van der Waals surface area contributed by atoms with E-state index in [4.69, 9.17) is 0 Å². The van der Waals surface area contributed by atoms with Crippen LogP contribution in [0.4, 0.5) is 13.2 Å². The van der Waals surface area contributed by atoms with E-state index in [-0.39, 0.29) is 30.5 Å². The van der Waals surface area contributed by atoms with E-state index in [2.05, 4.69) is 20.5 Å². The molecule has 0 atom stereocenters. The summed E-state index contributed by atoms with van der Waals surface area (Å²) in [5, 5.41) is 11.0. The van der Waals surface area contributed by atoms with Crippen molar-refractivity contribution in [3.05, 3.63) is 65.6 Å². The number of benzene rings is 1. The number of hydrogen-bond acceptors (Lipinski definition) is 3. The number of nitrogens with one attached hydrogen (secondary N) is 1. The highest BCUT2D eigenvalue weighted by Gasteiger charge is 2.31. The van der Waals surface area contributed by atoms with Gasteiger partial charge in [0, 0.05) is 26.8 Å². The predicted octanol–water partition coefficient (Wildman–Crippen LogP) is 3.57. The van der Waals surface area contributed by atoms with Crippen molar-refractivity contribution in [2.45, 2.75) is 19.3 Å². The Morgan fingerprint density at radius 1 is 1.14 bits per heavy atom. The maximum atomic E-state index is 12.9. The zero-order valence-corrected chi connectivity index (χ0v) is 17.6. The van der Waals surface area contributed by atoms with Gasteiger partial charge in [-0.15, -0.1) is 34.2 Å². The first-order valence-corrected chi connectivity index (χ1v) is 8.25. The summed E-state index contributed by atoms with van der Waals surface area (Å²) in [5.74, 6) is 0.966. The molecule has 0 saturated heterocycles. The zero-order valence-electron chi connectivity index (χ0n) is 15.3. The van der Waals surface area contributed by atoms with E-state index in [0.29, 0.717) is 24.0 Å². The van der Waals surface area contributed by atoms with Gasteiger partial charge in [-0.1, -0.05) is 30.3 Å². The maximum Gasteiger partial charge on any atom is 0.417 e. The molecule has 0 saturated carbocycles. The van der Waals surface area contributed by atoms with Crippen LogP contribution in [0.1, 0.15) is 17.0 Å². The first-order valence-electron chi connectivity index (χ1n) is 8.25. The van der Waals surface area contributed by atoms with Gasteiger partial charge in [-0.25, -0.2) is 0 Å². The summed E-state index contributed by atoms with van der Waals surface area (Å²) in [7, 11) is 3.53. The minimum atomic E-state index is -4.42. The van der Waals surface area contributed by atoms with E-state index in [1.54, 1.807) is 7.05 Å². The Morgan fingerprint density at radius 2 is 1.86 bits per heavy atom. The number of guanidine groups is 1. The van der Waals surface area contributed by atoms with Gasteiger partial charge in [0.15, 0.2) is 17.4 Å². The van der Waals surface area contributed by atoms with E-state index >= 15 is 0 Å². The van der Waals surface area contributed by atoms with Crippen molar-refractivity contribution in [1.29, 1.82) is 0 Å². The fourth-order valence-corrected chi connectivity index (χ4v) is 2.70. The van der Waals surface area contributed by atoms with Gasteiger partial charge in [0.25, 0.3) is 0 Å². The lowest BCUT2D eigenvalue weighted by Gasteiger charge is -2.22. The fourth-order valence-electron chi connectivity index (χ4n) is 2.70.